The summed E-state index contributed by atoms with van der Waals surface area (Å²) in [5, 5.41) is 3.13. The van der Waals surface area contributed by atoms with Crippen LogP contribution in [0, 0.1) is 0 Å². The highest BCUT2D eigenvalue weighted by Gasteiger charge is 2.29. The van der Waals surface area contributed by atoms with Crippen LogP contribution in [-0.4, -0.2) is 29.1 Å². The smallest absolute Gasteiger partial charge is 0.273 e. The third-order valence-electron chi connectivity index (χ3n) is 7.12. The number of aryl methyl sites for hydroxylation is 2. The zero-order chi connectivity index (χ0) is 25.4. The van der Waals surface area contributed by atoms with E-state index in [1.807, 2.05) is 54.6 Å². The Labute approximate surface area is 216 Å². The number of methoxy groups -OCH3 is 2. The molecular weight excluding hydrogens is 462 g/mol. The lowest BCUT2D eigenvalue weighted by atomic mass is 9.98. The minimum absolute atomic E-state index is 0.146. The number of anilines is 1. The molecule has 0 unspecified atom stereocenters. The molecule has 0 atom stereocenters. The first kappa shape index (κ1) is 23.0. The summed E-state index contributed by atoms with van der Waals surface area (Å²) in [5.74, 6) is 1.38. The van der Waals surface area contributed by atoms with E-state index in [-0.39, 0.29) is 5.91 Å². The second-order valence-corrected chi connectivity index (χ2v) is 9.30. The molecule has 3 aromatic carbocycles. The van der Waals surface area contributed by atoms with Gasteiger partial charge >= 0.3 is 0 Å². The quantitative estimate of drug-likeness (QED) is 0.288. The molecule has 1 aliphatic heterocycles. The maximum atomic E-state index is 14.0. The third-order valence-corrected chi connectivity index (χ3v) is 7.12. The van der Waals surface area contributed by atoms with E-state index in [4.69, 9.17) is 9.47 Å². The van der Waals surface area contributed by atoms with Crippen LogP contribution >= 0.6 is 0 Å². The zero-order valence-electron chi connectivity index (χ0n) is 21.0. The van der Waals surface area contributed by atoms with Gasteiger partial charge in [-0.1, -0.05) is 36.4 Å². The van der Waals surface area contributed by atoms with Crippen molar-refractivity contribution < 1.29 is 14.3 Å². The molecule has 37 heavy (non-hydrogen) atoms. The van der Waals surface area contributed by atoms with E-state index in [1.165, 1.54) is 5.56 Å². The summed E-state index contributed by atoms with van der Waals surface area (Å²) >= 11 is 0. The van der Waals surface area contributed by atoms with Crippen LogP contribution in [0.3, 0.4) is 0 Å². The van der Waals surface area contributed by atoms with Gasteiger partial charge in [0.2, 0.25) is 0 Å². The van der Waals surface area contributed by atoms with E-state index in [1.54, 1.807) is 14.2 Å². The molecule has 1 N–H and O–H groups in total. The molecule has 6 heteroatoms. The summed E-state index contributed by atoms with van der Waals surface area (Å²) < 4.78 is 15.2. The molecule has 1 amide bonds. The highest BCUT2D eigenvalue weighted by atomic mass is 16.5. The van der Waals surface area contributed by atoms with E-state index < -0.39 is 0 Å². The fourth-order valence-corrected chi connectivity index (χ4v) is 5.41. The summed E-state index contributed by atoms with van der Waals surface area (Å²) in [4.78, 5) is 14.0. The lowest BCUT2D eigenvalue weighted by Crippen LogP contribution is -2.15. The Balaban J connectivity index is 1.57. The van der Waals surface area contributed by atoms with Crippen molar-refractivity contribution >= 4 is 17.2 Å². The minimum Gasteiger partial charge on any atom is -0.497 e. The molecule has 6 nitrogen and oxygen atoms in total. The number of aromatic nitrogens is 2. The second kappa shape index (κ2) is 9.54. The number of carbonyl (C=O) groups excluding carboxylic acids is 1. The SMILES string of the molecule is COc1ccc(-c2cn3c(C(=O)Nc4cccc(OC)c4)c(-c4ccccc4)c4c3n2CCCC4)cc1. The topological polar surface area (TPSA) is 56.9 Å². The van der Waals surface area contributed by atoms with Gasteiger partial charge in [0.05, 0.1) is 19.9 Å². The normalized spacial score (nSPS) is 12.8. The third kappa shape index (κ3) is 4.04. The Morgan fingerprint density at radius 3 is 2.38 bits per heavy atom. The van der Waals surface area contributed by atoms with Crippen LogP contribution in [0.2, 0.25) is 0 Å². The lowest BCUT2D eigenvalue weighted by Gasteiger charge is -2.11. The van der Waals surface area contributed by atoms with Crippen LogP contribution in [0.4, 0.5) is 5.69 Å². The lowest BCUT2D eigenvalue weighted by molar-refractivity contribution is 0.102. The molecule has 3 heterocycles. The number of carbonyl (C=O) groups is 1. The van der Waals surface area contributed by atoms with E-state index in [9.17, 15) is 4.79 Å². The molecular formula is C31H29N3O3. The van der Waals surface area contributed by atoms with Gasteiger partial charge in [-0.05, 0) is 66.8 Å². The van der Waals surface area contributed by atoms with Gasteiger partial charge in [-0.15, -0.1) is 0 Å². The molecule has 0 bridgehead atoms. The van der Waals surface area contributed by atoms with Crippen molar-refractivity contribution in [1.82, 2.24) is 8.97 Å². The number of ether oxygens (including phenoxy) is 2. The van der Waals surface area contributed by atoms with Gasteiger partial charge < -0.3 is 19.4 Å². The Morgan fingerprint density at radius 2 is 1.62 bits per heavy atom. The highest BCUT2D eigenvalue weighted by Crippen LogP contribution is 2.40. The zero-order valence-corrected chi connectivity index (χ0v) is 21.0. The summed E-state index contributed by atoms with van der Waals surface area (Å²) in [6.45, 7) is 0.903. The van der Waals surface area contributed by atoms with Crippen LogP contribution in [0.25, 0.3) is 28.0 Å². The highest BCUT2D eigenvalue weighted by molar-refractivity contribution is 6.10. The monoisotopic (exact) mass is 491 g/mol. The van der Waals surface area contributed by atoms with E-state index in [0.29, 0.717) is 17.1 Å². The molecule has 0 saturated heterocycles. The second-order valence-electron chi connectivity index (χ2n) is 9.30. The summed E-state index contributed by atoms with van der Waals surface area (Å²) in [6.07, 6.45) is 5.19. The standard InChI is InChI=1S/C31H29N3O3/c1-36-24-16-14-21(15-17-24)27-20-34-29(30(35)32-23-11-8-12-25(19-23)37-2)28(22-9-4-3-5-10-22)26-13-6-7-18-33(27)31(26)34/h3-5,8-12,14-17,19-20H,6-7,13,18H2,1-2H3,(H,32,35). The van der Waals surface area contributed by atoms with Gasteiger partial charge in [-0.25, -0.2) is 0 Å². The van der Waals surface area contributed by atoms with Gasteiger partial charge in [0.25, 0.3) is 5.91 Å². The predicted octanol–water partition coefficient (Wildman–Crippen LogP) is 6.68. The Bertz CT molecular complexity index is 1580. The van der Waals surface area contributed by atoms with Gasteiger partial charge in [-0.3, -0.25) is 9.20 Å². The van der Waals surface area contributed by atoms with Gasteiger partial charge in [0, 0.05) is 35.6 Å². The summed E-state index contributed by atoms with van der Waals surface area (Å²) in [5.41, 5.74) is 7.91. The van der Waals surface area contributed by atoms with Gasteiger partial charge in [-0.2, -0.15) is 0 Å². The summed E-state index contributed by atoms with van der Waals surface area (Å²) in [6, 6.07) is 25.8. The molecule has 5 aromatic rings. The van der Waals surface area contributed by atoms with Crippen molar-refractivity contribution in [2.45, 2.75) is 25.8 Å². The van der Waals surface area contributed by atoms with Crippen LogP contribution in [-0.2, 0) is 13.0 Å². The fraction of sp³-hybridized carbons (Fsp3) is 0.194. The largest absolute Gasteiger partial charge is 0.497 e. The Kier molecular flexibility index (Phi) is 5.93. The van der Waals surface area contributed by atoms with Crippen molar-refractivity contribution in [3.63, 3.8) is 0 Å². The molecule has 0 spiro atoms. The predicted molar refractivity (Wildman–Crippen MR) is 147 cm³/mol. The number of hydrogen-bond donors (Lipinski definition) is 1. The van der Waals surface area contributed by atoms with Crippen molar-refractivity contribution in [3.8, 4) is 33.9 Å². The first-order valence-corrected chi connectivity index (χ1v) is 12.6. The van der Waals surface area contributed by atoms with E-state index in [2.05, 4.69) is 44.7 Å². The van der Waals surface area contributed by atoms with Crippen molar-refractivity contribution in [2.75, 3.05) is 19.5 Å². The molecule has 1 aliphatic rings. The van der Waals surface area contributed by atoms with Gasteiger partial charge in [0.15, 0.2) is 0 Å². The van der Waals surface area contributed by atoms with Crippen LogP contribution in [0.1, 0.15) is 28.9 Å². The first-order valence-electron chi connectivity index (χ1n) is 12.6. The average molecular weight is 492 g/mol. The maximum Gasteiger partial charge on any atom is 0.273 e. The van der Waals surface area contributed by atoms with Gasteiger partial charge in [0.1, 0.15) is 22.8 Å². The van der Waals surface area contributed by atoms with Crippen molar-refractivity contribution in [1.29, 1.82) is 0 Å². The molecule has 0 fully saturated rings. The van der Waals surface area contributed by atoms with E-state index >= 15 is 0 Å². The summed E-state index contributed by atoms with van der Waals surface area (Å²) in [7, 11) is 3.30. The number of nitrogens with one attached hydrogen (secondary N) is 1. The number of nitrogens with zero attached hydrogens (tertiary/aromatic N) is 2. The first-order chi connectivity index (χ1) is 18.2. The average Bonchev–Trinajstić information content (AvgIpc) is 3.36. The molecule has 186 valence electrons. The van der Waals surface area contributed by atoms with Crippen LogP contribution in [0.15, 0.2) is 85.1 Å². The van der Waals surface area contributed by atoms with Crippen LogP contribution < -0.4 is 14.8 Å². The molecule has 6 rings (SSSR count). The number of benzene rings is 3. The van der Waals surface area contributed by atoms with E-state index in [0.717, 1.165) is 59.6 Å². The fourth-order valence-electron chi connectivity index (χ4n) is 5.41. The molecule has 0 radical (unpaired) electrons. The Hall–Kier alpha value is -4.45. The minimum atomic E-state index is -0.146. The van der Waals surface area contributed by atoms with Crippen LogP contribution in [0.5, 0.6) is 11.5 Å². The number of rotatable bonds is 6. The van der Waals surface area contributed by atoms with Crippen molar-refractivity contribution in [3.05, 3.63) is 96.3 Å². The molecule has 0 saturated carbocycles. The number of amides is 1. The number of hydrogen-bond acceptors (Lipinski definition) is 3. The molecule has 2 aromatic heterocycles. The maximum absolute atomic E-state index is 14.0. The molecule has 0 aliphatic carbocycles. The Morgan fingerprint density at radius 1 is 0.838 bits per heavy atom. The van der Waals surface area contributed by atoms with Crippen molar-refractivity contribution in [2.24, 2.45) is 0 Å². The number of imidazole rings is 1.